The summed E-state index contributed by atoms with van der Waals surface area (Å²) < 4.78 is 9.36. The summed E-state index contributed by atoms with van der Waals surface area (Å²) in [6.07, 6.45) is 17.6. The minimum atomic E-state index is -0.320. The molecule has 0 bridgehead atoms. The van der Waals surface area contributed by atoms with E-state index in [2.05, 4.69) is 9.47 Å². The Morgan fingerprint density at radius 3 is 2.04 bits per heavy atom. The molecule has 0 radical (unpaired) electrons. The van der Waals surface area contributed by atoms with Gasteiger partial charge >= 0.3 is 5.97 Å². The summed E-state index contributed by atoms with van der Waals surface area (Å²) >= 11 is 0. The zero-order valence-corrected chi connectivity index (χ0v) is 17.1. The van der Waals surface area contributed by atoms with Crippen molar-refractivity contribution in [2.45, 2.75) is 34.6 Å². The number of carbonyl (C=O) groups excluding carboxylic acids is 2. The molecule has 0 aromatic carbocycles. The third-order valence-electron chi connectivity index (χ3n) is 3.36. The molecule has 0 saturated carbocycles. The molecule has 27 heavy (non-hydrogen) atoms. The normalized spacial score (nSPS) is 14.8. The van der Waals surface area contributed by atoms with E-state index in [9.17, 15) is 9.59 Å². The van der Waals surface area contributed by atoms with Gasteiger partial charge in [0.25, 0.3) is 6.47 Å². The summed E-state index contributed by atoms with van der Waals surface area (Å²) in [7, 11) is 1.37. The van der Waals surface area contributed by atoms with Crippen molar-refractivity contribution in [3.63, 3.8) is 0 Å². The molecule has 0 unspecified atom stereocenters. The molecule has 0 aromatic rings. The lowest BCUT2D eigenvalue weighted by molar-refractivity contribution is -0.136. The third kappa shape index (κ3) is 13.0. The molecular weight excluding hydrogens is 340 g/mol. The lowest BCUT2D eigenvalue weighted by Gasteiger charge is -1.99. The van der Waals surface area contributed by atoms with Crippen LogP contribution >= 0.6 is 0 Å². The average molecular weight is 370 g/mol. The second-order valence-electron chi connectivity index (χ2n) is 6.19. The van der Waals surface area contributed by atoms with Crippen LogP contribution in [0.15, 0.2) is 82.5 Å². The number of carbonyl (C=O) groups is 2. The highest BCUT2D eigenvalue weighted by molar-refractivity contribution is 5.88. The molecule has 0 aliphatic rings. The van der Waals surface area contributed by atoms with Crippen molar-refractivity contribution < 1.29 is 19.1 Å². The van der Waals surface area contributed by atoms with Gasteiger partial charge in [0.2, 0.25) is 0 Å². The number of ether oxygens (including phenoxy) is 2. The van der Waals surface area contributed by atoms with Gasteiger partial charge in [0.15, 0.2) is 0 Å². The highest BCUT2D eigenvalue weighted by Crippen LogP contribution is 2.08. The molecule has 0 aliphatic heterocycles. The van der Waals surface area contributed by atoms with Crippen molar-refractivity contribution in [2.24, 2.45) is 0 Å². The fourth-order valence-corrected chi connectivity index (χ4v) is 2.06. The van der Waals surface area contributed by atoms with Crippen LogP contribution in [0.4, 0.5) is 0 Å². The van der Waals surface area contributed by atoms with E-state index in [1.165, 1.54) is 7.11 Å². The largest absolute Gasteiger partial charge is 0.466 e. The van der Waals surface area contributed by atoms with E-state index in [4.69, 9.17) is 0 Å². The van der Waals surface area contributed by atoms with Crippen LogP contribution in [0.2, 0.25) is 0 Å². The Balaban J connectivity index is 4.77. The van der Waals surface area contributed by atoms with E-state index < -0.39 is 0 Å². The van der Waals surface area contributed by atoms with E-state index in [0.717, 1.165) is 22.3 Å². The van der Waals surface area contributed by atoms with Gasteiger partial charge in [-0.2, -0.15) is 0 Å². The first-order chi connectivity index (χ1) is 12.8. The molecule has 4 heteroatoms. The summed E-state index contributed by atoms with van der Waals surface area (Å²) in [4.78, 5) is 21.5. The average Bonchev–Trinajstić information content (AvgIpc) is 2.62. The van der Waals surface area contributed by atoms with Crippen molar-refractivity contribution in [3.8, 4) is 0 Å². The van der Waals surface area contributed by atoms with Gasteiger partial charge in [-0.25, -0.2) is 4.79 Å². The van der Waals surface area contributed by atoms with Crippen LogP contribution in [0.3, 0.4) is 0 Å². The number of hydrogen-bond donors (Lipinski definition) is 0. The molecule has 0 aromatic heterocycles. The Bertz CT molecular complexity index is 711. The molecule has 146 valence electrons. The molecule has 0 aliphatic carbocycles. The van der Waals surface area contributed by atoms with E-state index in [1.54, 1.807) is 13.0 Å². The third-order valence-corrected chi connectivity index (χ3v) is 3.36. The lowest BCUT2D eigenvalue weighted by Crippen LogP contribution is -2.01. The summed E-state index contributed by atoms with van der Waals surface area (Å²) in [5.41, 5.74) is 4.70. The smallest absolute Gasteiger partial charge is 0.333 e. The zero-order valence-electron chi connectivity index (χ0n) is 17.1. The number of allylic oxidation sites excluding steroid dienone is 12. The second kappa shape index (κ2) is 14.3. The van der Waals surface area contributed by atoms with E-state index in [0.29, 0.717) is 18.7 Å². The fourth-order valence-electron chi connectivity index (χ4n) is 2.06. The van der Waals surface area contributed by atoms with Crippen molar-refractivity contribution in [1.82, 2.24) is 0 Å². The summed E-state index contributed by atoms with van der Waals surface area (Å²) in [6, 6.07) is 0. The Kier molecular flexibility index (Phi) is 12.8. The molecule has 0 spiro atoms. The van der Waals surface area contributed by atoms with Crippen LogP contribution in [-0.4, -0.2) is 26.2 Å². The van der Waals surface area contributed by atoms with Gasteiger partial charge in [-0.3, -0.25) is 4.79 Å². The first-order valence-corrected chi connectivity index (χ1v) is 8.66. The van der Waals surface area contributed by atoms with Crippen molar-refractivity contribution >= 4 is 12.4 Å². The van der Waals surface area contributed by atoms with Crippen LogP contribution < -0.4 is 0 Å². The van der Waals surface area contributed by atoms with E-state index >= 15 is 0 Å². The number of esters is 1. The van der Waals surface area contributed by atoms with Gasteiger partial charge in [0.05, 0.1) is 7.11 Å². The predicted molar refractivity (Wildman–Crippen MR) is 111 cm³/mol. The minimum absolute atomic E-state index is 0.307. The maximum atomic E-state index is 11.4. The standard InChI is InChI=1S/C23H30O4/c1-18(12-9-13-20(3)16-27-17-24)10-7-8-11-19(2)14-21(4)15-22(5)23(25)26-6/h7-15,17H,16H2,1-6H3/b8-7+,12-9+,18-10+,19-11+,20-13+,21-14+,22-15+. The van der Waals surface area contributed by atoms with Gasteiger partial charge in [-0.05, 0) is 46.3 Å². The highest BCUT2D eigenvalue weighted by atomic mass is 16.5. The summed E-state index contributed by atoms with van der Waals surface area (Å²) in [5.74, 6) is -0.320. The van der Waals surface area contributed by atoms with Gasteiger partial charge in [-0.1, -0.05) is 65.3 Å². The Hall–Kier alpha value is -2.88. The van der Waals surface area contributed by atoms with Gasteiger partial charge in [0.1, 0.15) is 6.61 Å². The van der Waals surface area contributed by atoms with E-state index in [-0.39, 0.29) is 5.97 Å². The predicted octanol–water partition coefficient (Wildman–Crippen LogP) is 5.18. The monoisotopic (exact) mass is 370 g/mol. The zero-order chi connectivity index (χ0) is 20.7. The van der Waals surface area contributed by atoms with Crippen molar-refractivity contribution in [2.75, 3.05) is 13.7 Å². The van der Waals surface area contributed by atoms with Crippen LogP contribution in [0.5, 0.6) is 0 Å². The first kappa shape index (κ1) is 24.1. The fraction of sp³-hybridized carbons (Fsp3) is 0.304. The second-order valence-corrected chi connectivity index (χ2v) is 6.19. The molecular formula is C23H30O4. The molecule has 4 nitrogen and oxygen atoms in total. The van der Waals surface area contributed by atoms with E-state index in [1.807, 2.05) is 76.3 Å². The number of hydrogen-bond acceptors (Lipinski definition) is 4. The first-order valence-electron chi connectivity index (χ1n) is 8.66. The molecule has 0 N–H and O–H groups in total. The van der Waals surface area contributed by atoms with Gasteiger partial charge in [-0.15, -0.1) is 0 Å². The highest BCUT2D eigenvalue weighted by Gasteiger charge is 2.01. The van der Waals surface area contributed by atoms with Gasteiger partial charge in [0, 0.05) is 5.57 Å². The number of methoxy groups -OCH3 is 1. The molecule has 0 atom stereocenters. The molecule has 0 fully saturated rings. The SMILES string of the molecule is COC(=O)/C(C)=C/C(C)=C/C(C)=C/C=C/C=C(C)/C=C/C=C(\C)COC=O. The maximum absolute atomic E-state index is 11.4. The lowest BCUT2D eigenvalue weighted by atomic mass is 10.1. The van der Waals surface area contributed by atoms with Crippen LogP contribution in [-0.2, 0) is 19.1 Å². The van der Waals surface area contributed by atoms with Crippen LogP contribution in [0.1, 0.15) is 34.6 Å². The quantitative estimate of drug-likeness (QED) is 0.230. The Morgan fingerprint density at radius 1 is 0.815 bits per heavy atom. The van der Waals surface area contributed by atoms with Crippen LogP contribution in [0, 0.1) is 0 Å². The summed E-state index contributed by atoms with van der Waals surface area (Å²) in [6.45, 7) is 10.3. The maximum Gasteiger partial charge on any atom is 0.333 e. The molecule has 0 saturated heterocycles. The van der Waals surface area contributed by atoms with Crippen molar-refractivity contribution in [1.29, 1.82) is 0 Å². The van der Waals surface area contributed by atoms with Crippen molar-refractivity contribution in [3.05, 3.63) is 82.5 Å². The number of rotatable bonds is 10. The minimum Gasteiger partial charge on any atom is -0.466 e. The summed E-state index contributed by atoms with van der Waals surface area (Å²) in [5, 5.41) is 0. The molecule has 0 amide bonds. The molecule has 0 heterocycles. The topological polar surface area (TPSA) is 52.6 Å². The van der Waals surface area contributed by atoms with Gasteiger partial charge < -0.3 is 9.47 Å². The Morgan fingerprint density at radius 2 is 1.44 bits per heavy atom. The van der Waals surface area contributed by atoms with Crippen LogP contribution in [0.25, 0.3) is 0 Å². The molecule has 0 rings (SSSR count). The Labute approximate surface area is 162 Å².